The first-order valence-electron chi connectivity index (χ1n) is 11.4. The van der Waals surface area contributed by atoms with Crippen molar-refractivity contribution in [1.29, 1.82) is 0 Å². The molecule has 1 saturated heterocycles. The molecule has 7 nitrogen and oxygen atoms in total. The Hall–Kier alpha value is -3.06. The van der Waals surface area contributed by atoms with E-state index in [-0.39, 0.29) is 30.2 Å². The lowest BCUT2D eigenvalue weighted by atomic mass is 10.0. The van der Waals surface area contributed by atoms with Crippen molar-refractivity contribution >= 4 is 17.5 Å². The largest absolute Gasteiger partial charge is 0.486 e. The summed E-state index contributed by atoms with van der Waals surface area (Å²) in [5.74, 6) is 0.823. The van der Waals surface area contributed by atoms with Crippen molar-refractivity contribution in [2.24, 2.45) is 5.92 Å². The second-order valence-corrected chi connectivity index (χ2v) is 8.13. The standard InChI is InChI=1S/C25H31N3O4/c1-3-27(4-2)21(18-8-6-5-7-9-18)16-26-25(30)19-14-24(29)28(17-19)20-10-11-22-23(15-20)32-13-12-31-22/h5-11,15,19,21H,3-4,12-14,16-17H2,1-2H3,(H,26,30). The summed E-state index contributed by atoms with van der Waals surface area (Å²) in [7, 11) is 0. The van der Waals surface area contributed by atoms with E-state index in [2.05, 4.69) is 36.2 Å². The number of fused-ring (bicyclic) bond motifs is 1. The fourth-order valence-corrected chi connectivity index (χ4v) is 4.47. The predicted molar refractivity (Wildman–Crippen MR) is 123 cm³/mol. The predicted octanol–water partition coefficient (Wildman–Crippen LogP) is 3.01. The van der Waals surface area contributed by atoms with Gasteiger partial charge in [0.25, 0.3) is 0 Å². The summed E-state index contributed by atoms with van der Waals surface area (Å²) in [6.45, 7) is 7.94. The highest BCUT2D eigenvalue weighted by Crippen LogP contribution is 2.36. The van der Waals surface area contributed by atoms with Crippen molar-refractivity contribution in [3.05, 3.63) is 54.1 Å². The van der Waals surface area contributed by atoms with E-state index in [4.69, 9.17) is 9.47 Å². The zero-order chi connectivity index (χ0) is 22.5. The van der Waals surface area contributed by atoms with E-state index >= 15 is 0 Å². The molecule has 32 heavy (non-hydrogen) atoms. The Morgan fingerprint density at radius 2 is 1.81 bits per heavy atom. The van der Waals surface area contributed by atoms with Gasteiger partial charge in [0.2, 0.25) is 11.8 Å². The monoisotopic (exact) mass is 437 g/mol. The van der Waals surface area contributed by atoms with Gasteiger partial charge < -0.3 is 19.7 Å². The van der Waals surface area contributed by atoms with Crippen LogP contribution in [-0.2, 0) is 9.59 Å². The third-order valence-corrected chi connectivity index (χ3v) is 6.24. The van der Waals surface area contributed by atoms with Crippen molar-refractivity contribution in [2.75, 3.05) is 44.3 Å². The van der Waals surface area contributed by atoms with Gasteiger partial charge in [0.05, 0.1) is 12.0 Å². The second-order valence-electron chi connectivity index (χ2n) is 8.13. The molecule has 0 aliphatic carbocycles. The number of likely N-dealkylation sites (N-methyl/N-ethyl adjacent to an activating group) is 1. The highest BCUT2D eigenvalue weighted by molar-refractivity contribution is 6.00. The van der Waals surface area contributed by atoms with Crippen LogP contribution in [0.1, 0.15) is 31.9 Å². The van der Waals surface area contributed by atoms with Crippen molar-refractivity contribution in [2.45, 2.75) is 26.3 Å². The number of hydrogen-bond acceptors (Lipinski definition) is 5. The molecule has 2 aromatic rings. The molecule has 2 aromatic carbocycles. The van der Waals surface area contributed by atoms with Gasteiger partial charge in [0, 0.05) is 31.3 Å². The number of hydrogen-bond donors (Lipinski definition) is 1. The Morgan fingerprint density at radius 1 is 1.09 bits per heavy atom. The molecule has 1 N–H and O–H groups in total. The summed E-state index contributed by atoms with van der Waals surface area (Å²) >= 11 is 0. The SMILES string of the molecule is CCN(CC)C(CNC(=O)C1CC(=O)N(c2ccc3c(c2)OCCO3)C1)c1ccccc1. The van der Waals surface area contributed by atoms with Crippen LogP contribution >= 0.6 is 0 Å². The maximum atomic E-state index is 13.0. The van der Waals surface area contributed by atoms with Gasteiger partial charge in [0.1, 0.15) is 13.2 Å². The summed E-state index contributed by atoms with van der Waals surface area (Å²) in [5.41, 5.74) is 1.91. The topological polar surface area (TPSA) is 71.1 Å². The quantitative estimate of drug-likeness (QED) is 0.688. The number of nitrogens with one attached hydrogen (secondary N) is 1. The Kier molecular flexibility index (Phi) is 6.95. The third kappa shape index (κ3) is 4.72. The molecule has 1 fully saturated rings. The number of nitrogens with zero attached hydrogens (tertiary/aromatic N) is 2. The molecule has 2 aliphatic heterocycles. The number of rotatable bonds is 8. The summed E-state index contributed by atoms with van der Waals surface area (Å²) < 4.78 is 11.2. The van der Waals surface area contributed by atoms with Crippen LogP contribution in [-0.4, -0.2) is 56.1 Å². The number of benzene rings is 2. The lowest BCUT2D eigenvalue weighted by Gasteiger charge is -2.30. The molecular formula is C25H31N3O4. The number of carbonyl (C=O) groups is 2. The molecule has 0 saturated carbocycles. The maximum absolute atomic E-state index is 13.0. The van der Waals surface area contributed by atoms with E-state index in [1.54, 1.807) is 4.90 Å². The Labute approximate surface area is 189 Å². The fourth-order valence-electron chi connectivity index (χ4n) is 4.47. The fraction of sp³-hybridized carbons (Fsp3) is 0.440. The summed E-state index contributed by atoms with van der Waals surface area (Å²) in [6, 6.07) is 15.8. The second kappa shape index (κ2) is 10.0. The molecule has 0 radical (unpaired) electrons. The molecule has 0 bridgehead atoms. The molecule has 2 unspecified atom stereocenters. The minimum atomic E-state index is -0.371. The molecule has 2 aliphatic rings. The van der Waals surface area contributed by atoms with Crippen molar-refractivity contribution < 1.29 is 19.1 Å². The average Bonchev–Trinajstić information content (AvgIpc) is 3.23. The minimum Gasteiger partial charge on any atom is -0.486 e. The molecule has 7 heteroatoms. The van der Waals surface area contributed by atoms with Crippen LogP contribution in [0.3, 0.4) is 0 Å². The molecule has 0 spiro atoms. The number of amides is 2. The van der Waals surface area contributed by atoms with Crippen molar-refractivity contribution in [3.63, 3.8) is 0 Å². The summed E-state index contributed by atoms with van der Waals surface area (Å²) in [6.07, 6.45) is 0.210. The normalized spacial score (nSPS) is 18.7. The van der Waals surface area contributed by atoms with E-state index in [0.717, 1.165) is 18.8 Å². The van der Waals surface area contributed by atoms with Gasteiger partial charge in [0.15, 0.2) is 11.5 Å². The number of anilines is 1. The molecule has 2 heterocycles. The van der Waals surface area contributed by atoms with Crippen molar-refractivity contribution in [3.8, 4) is 11.5 Å². The summed E-state index contributed by atoms with van der Waals surface area (Å²) in [4.78, 5) is 29.7. The Bertz CT molecular complexity index is 945. The van der Waals surface area contributed by atoms with E-state index < -0.39 is 0 Å². The minimum absolute atomic E-state index is 0.0508. The van der Waals surface area contributed by atoms with Crippen LogP contribution < -0.4 is 19.7 Å². The van der Waals surface area contributed by atoms with Crippen LogP contribution in [0.5, 0.6) is 11.5 Å². The highest BCUT2D eigenvalue weighted by Gasteiger charge is 2.36. The first kappa shape index (κ1) is 22.1. The zero-order valence-corrected chi connectivity index (χ0v) is 18.8. The van der Waals surface area contributed by atoms with E-state index in [9.17, 15) is 9.59 Å². The van der Waals surface area contributed by atoms with Crippen LogP contribution in [0.2, 0.25) is 0 Å². The zero-order valence-electron chi connectivity index (χ0n) is 18.8. The lowest BCUT2D eigenvalue weighted by Crippen LogP contribution is -2.40. The first-order chi connectivity index (χ1) is 15.6. The molecule has 2 atom stereocenters. The molecule has 170 valence electrons. The molecule has 2 amide bonds. The van der Waals surface area contributed by atoms with Crippen LogP contribution in [0.25, 0.3) is 0 Å². The van der Waals surface area contributed by atoms with Crippen LogP contribution in [0.4, 0.5) is 5.69 Å². The van der Waals surface area contributed by atoms with E-state index in [1.807, 2.05) is 36.4 Å². The third-order valence-electron chi connectivity index (χ3n) is 6.24. The Morgan fingerprint density at radius 3 is 2.53 bits per heavy atom. The van der Waals surface area contributed by atoms with Crippen LogP contribution in [0.15, 0.2) is 48.5 Å². The summed E-state index contributed by atoms with van der Waals surface area (Å²) in [5, 5.41) is 3.11. The molecule has 0 aromatic heterocycles. The molecular weight excluding hydrogens is 406 g/mol. The Balaban J connectivity index is 1.41. The highest BCUT2D eigenvalue weighted by atomic mass is 16.6. The van der Waals surface area contributed by atoms with E-state index in [0.29, 0.717) is 37.8 Å². The van der Waals surface area contributed by atoms with Gasteiger partial charge in [-0.1, -0.05) is 44.2 Å². The van der Waals surface area contributed by atoms with Gasteiger partial charge >= 0.3 is 0 Å². The average molecular weight is 438 g/mol. The maximum Gasteiger partial charge on any atom is 0.227 e. The van der Waals surface area contributed by atoms with Gasteiger partial charge in [-0.25, -0.2) is 0 Å². The van der Waals surface area contributed by atoms with Crippen LogP contribution in [0, 0.1) is 5.92 Å². The smallest absolute Gasteiger partial charge is 0.227 e. The van der Waals surface area contributed by atoms with Gasteiger partial charge in [-0.2, -0.15) is 0 Å². The van der Waals surface area contributed by atoms with E-state index in [1.165, 1.54) is 5.56 Å². The van der Waals surface area contributed by atoms with Gasteiger partial charge in [-0.05, 0) is 30.8 Å². The number of ether oxygens (including phenoxy) is 2. The number of carbonyl (C=O) groups excluding carboxylic acids is 2. The lowest BCUT2D eigenvalue weighted by molar-refractivity contribution is -0.126. The van der Waals surface area contributed by atoms with Gasteiger partial charge in [-0.3, -0.25) is 14.5 Å². The van der Waals surface area contributed by atoms with Crippen molar-refractivity contribution in [1.82, 2.24) is 10.2 Å². The molecule has 4 rings (SSSR count). The van der Waals surface area contributed by atoms with Gasteiger partial charge in [-0.15, -0.1) is 0 Å². The first-order valence-corrected chi connectivity index (χ1v) is 11.4.